The second-order valence-corrected chi connectivity index (χ2v) is 6.90. The average Bonchev–Trinajstić information content (AvgIpc) is 3.02. The van der Waals surface area contributed by atoms with Crippen molar-refractivity contribution in [1.82, 2.24) is 10.3 Å². The van der Waals surface area contributed by atoms with Crippen molar-refractivity contribution in [3.8, 4) is 6.07 Å². The van der Waals surface area contributed by atoms with Gasteiger partial charge in [-0.2, -0.15) is 5.26 Å². The Kier molecular flexibility index (Phi) is 5.72. The number of thioether (sulfide) groups is 1. The van der Waals surface area contributed by atoms with Gasteiger partial charge in [0, 0.05) is 5.75 Å². The first kappa shape index (κ1) is 16.4. The minimum atomic E-state index is -0.307. The van der Waals surface area contributed by atoms with Crippen molar-refractivity contribution < 1.29 is 4.42 Å². The van der Waals surface area contributed by atoms with E-state index in [1.165, 1.54) is 0 Å². The second-order valence-electron chi connectivity index (χ2n) is 5.86. The van der Waals surface area contributed by atoms with Crippen LogP contribution in [0.4, 0.5) is 0 Å². The molecule has 0 bridgehead atoms. The third-order valence-corrected chi connectivity index (χ3v) is 5.27. The minimum absolute atomic E-state index is 0.307. The summed E-state index contributed by atoms with van der Waals surface area (Å²) in [4.78, 5) is 4.40. The Hall–Kier alpha value is -0.990. The second kappa shape index (κ2) is 7.33. The van der Waals surface area contributed by atoms with Crippen LogP contribution >= 0.6 is 11.8 Å². The average molecular weight is 307 g/mol. The topological polar surface area (TPSA) is 61.9 Å². The van der Waals surface area contributed by atoms with E-state index in [2.05, 4.69) is 23.3 Å². The third-order valence-electron chi connectivity index (χ3n) is 4.41. The first-order valence-corrected chi connectivity index (χ1v) is 8.83. The molecule has 4 nitrogen and oxygen atoms in total. The molecule has 0 aromatic carbocycles. The summed E-state index contributed by atoms with van der Waals surface area (Å²) in [5.41, 5.74) is 0.660. The molecule has 1 fully saturated rings. The number of hydrogen-bond acceptors (Lipinski definition) is 5. The zero-order chi connectivity index (χ0) is 15.3. The highest BCUT2D eigenvalue weighted by atomic mass is 32.2. The number of oxazole rings is 1. The van der Waals surface area contributed by atoms with E-state index < -0.39 is 0 Å². The summed E-state index contributed by atoms with van der Waals surface area (Å²) in [6, 6.07) is 2.56. The van der Waals surface area contributed by atoms with E-state index in [1.54, 1.807) is 11.8 Å². The Morgan fingerprint density at radius 3 is 2.95 bits per heavy atom. The normalized spacial score (nSPS) is 25.1. The third kappa shape index (κ3) is 3.81. The highest BCUT2D eigenvalue weighted by molar-refractivity contribution is 7.99. The lowest BCUT2D eigenvalue weighted by Gasteiger charge is -2.29. The van der Waals surface area contributed by atoms with Gasteiger partial charge >= 0.3 is 0 Å². The molecule has 0 radical (unpaired) electrons. The number of rotatable bonds is 7. The maximum absolute atomic E-state index is 9.62. The van der Waals surface area contributed by atoms with Gasteiger partial charge in [0.25, 0.3) is 5.22 Å². The lowest BCUT2D eigenvalue weighted by molar-refractivity contribution is 0.311. The number of nitrogens with zero attached hydrogens (tertiary/aromatic N) is 2. The van der Waals surface area contributed by atoms with Gasteiger partial charge in [0.1, 0.15) is 11.3 Å². The highest BCUT2D eigenvalue weighted by Gasteiger charge is 2.42. The predicted octanol–water partition coefficient (Wildman–Crippen LogP) is 3.84. The summed E-state index contributed by atoms with van der Waals surface area (Å²) >= 11 is 1.66. The van der Waals surface area contributed by atoms with Gasteiger partial charge < -0.3 is 4.42 Å². The van der Waals surface area contributed by atoms with Crippen LogP contribution in [0.25, 0.3) is 0 Å². The molecule has 116 valence electrons. The number of hydrogen-bond donors (Lipinski definition) is 1. The molecular formula is C16H25N3OS. The number of aromatic nitrogens is 1. The van der Waals surface area contributed by atoms with Crippen LogP contribution in [0.1, 0.15) is 50.5 Å². The molecule has 0 spiro atoms. The zero-order valence-electron chi connectivity index (χ0n) is 13.2. The molecule has 1 aliphatic carbocycles. The molecule has 1 aliphatic rings. The number of nitriles is 1. The monoisotopic (exact) mass is 307 g/mol. The Bertz CT molecular complexity index is 489. The van der Waals surface area contributed by atoms with Gasteiger partial charge in [0.2, 0.25) is 0 Å². The molecule has 0 saturated heterocycles. The largest absolute Gasteiger partial charge is 0.437 e. The molecule has 5 heteroatoms. The summed E-state index contributed by atoms with van der Waals surface area (Å²) in [5, 5.41) is 13.9. The Morgan fingerprint density at radius 2 is 2.33 bits per heavy atom. The van der Waals surface area contributed by atoms with Gasteiger partial charge in [-0.25, -0.2) is 4.98 Å². The summed E-state index contributed by atoms with van der Waals surface area (Å²) in [6.07, 6.45) is 5.39. The minimum Gasteiger partial charge on any atom is -0.437 e. The molecule has 2 rings (SSSR count). The van der Waals surface area contributed by atoms with E-state index >= 15 is 0 Å². The van der Waals surface area contributed by atoms with Gasteiger partial charge in [0.05, 0.1) is 11.8 Å². The SMILES string of the molecule is CCCNC1(C#N)CCCC1CCSc1nc(C)c(C)o1. The summed E-state index contributed by atoms with van der Waals surface area (Å²) in [6.45, 7) is 6.98. The van der Waals surface area contributed by atoms with Gasteiger partial charge in [-0.05, 0) is 52.0 Å². The summed E-state index contributed by atoms with van der Waals surface area (Å²) < 4.78 is 5.59. The predicted molar refractivity (Wildman–Crippen MR) is 85.3 cm³/mol. The quantitative estimate of drug-likeness (QED) is 0.776. The molecule has 1 saturated carbocycles. The van der Waals surface area contributed by atoms with Crippen molar-refractivity contribution in [3.05, 3.63) is 11.5 Å². The Balaban J connectivity index is 1.88. The van der Waals surface area contributed by atoms with E-state index in [1.807, 2.05) is 13.8 Å². The first-order valence-electron chi connectivity index (χ1n) is 7.84. The van der Waals surface area contributed by atoms with E-state index in [0.29, 0.717) is 5.92 Å². The molecule has 21 heavy (non-hydrogen) atoms. The fourth-order valence-corrected chi connectivity index (χ4v) is 3.99. The Morgan fingerprint density at radius 1 is 1.52 bits per heavy atom. The van der Waals surface area contributed by atoms with Crippen molar-refractivity contribution in [2.75, 3.05) is 12.3 Å². The zero-order valence-corrected chi connectivity index (χ0v) is 14.1. The van der Waals surface area contributed by atoms with Crippen molar-refractivity contribution in [1.29, 1.82) is 5.26 Å². The van der Waals surface area contributed by atoms with E-state index in [-0.39, 0.29) is 5.54 Å². The van der Waals surface area contributed by atoms with Crippen LogP contribution in [0.5, 0.6) is 0 Å². The molecule has 1 N–H and O–H groups in total. The molecule has 1 aromatic heterocycles. The summed E-state index contributed by atoms with van der Waals surface area (Å²) in [7, 11) is 0. The van der Waals surface area contributed by atoms with Crippen LogP contribution in [0.3, 0.4) is 0 Å². The first-order chi connectivity index (χ1) is 10.1. The van der Waals surface area contributed by atoms with Crippen molar-refractivity contribution in [3.63, 3.8) is 0 Å². The standard InChI is InChI=1S/C16H25N3OS/c1-4-9-18-16(11-17)8-5-6-14(16)7-10-21-15-19-12(2)13(3)20-15/h14,18H,4-10H2,1-3H3. The number of aryl methyl sites for hydroxylation is 2. The fourth-order valence-electron chi connectivity index (χ4n) is 3.03. The molecule has 2 atom stereocenters. The van der Waals surface area contributed by atoms with Gasteiger partial charge in [-0.3, -0.25) is 5.32 Å². The highest BCUT2D eigenvalue weighted by Crippen LogP contribution is 2.38. The maximum atomic E-state index is 9.62. The Labute approximate surface area is 131 Å². The molecule has 1 aromatic rings. The molecule has 1 heterocycles. The van der Waals surface area contributed by atoms with Crippen molar-refractivity contribution >= 4 is 11.8 Å². The lowest BCUT2D eigenvalue weighted by atomic mass is 9.86. The van der Waals surface area contributed by atoms with Gasteiger partial charge in [-0.1, -0.05) is 25.1 Å². The fraction of sp³-hybridized carbons (Fsp3) is 0.750. The van der Waals surface area contributed by atoms with Crippen molar-refractivity contribution in [2.45, 2.75) is 63.6 Å². The molecule has 0 amide bonds. The summed E-state index contributed by atoms with van der Waals surface area (Å²) in [5.74, 6) is 2.30. The van der Waals surface area contributed by atoms with E-state index in [9.17, 15) is 5.26 Å². The van der Waals surface area contributed by atoms with Crippen LogP contribution in [0.2, 0.25) is 0 Å². The molecule has 0 aliphatic heterocycles. The van der Waals surface area contributed by atoms with Crippen LogP contribution in [0.15, 0.2) is 9.64 Å². The molecular weight excluding hydrogens is 282 g/mol. The smallest absolute Gasteiger partial charge is 0.256 e. The van der Waals surface area contributed by atoms with E-state index in [4.69, 9.17) is 4.42 Å². The van der Waals surface area contributed by atoms with Gasteiger partial charge in [-0.15, -0.1) is 0 Å². The van der Waals surface area contributed by atoms with Crippen molar-refractivity contribution in [2.24, 2.45) is 5.92 Å². The van der Waals surface area contributed by atoms with Crippen LogP contribution in [-0.4, -0.2) is 22.8 Å². The maximum Gasteiger partial charge on any atom is 0.256 e. The van der Waals surface area contributed by atoms with Crippen LogP contribution in [-0.2, 0) is 0 Å². The van der Waals surface area contributed by atoms with Crippen LogP contribution in [0, 0.1) is 31.1 Å². The lowest BCUT2D eigenvalue weighted by Crippen LogP contribution is -2.47. The van der Waals surface area contributed by atoms with Gasteiger partial charge in [0.15, 0.2) is 0 Å². The number of nitrogens with one attached hydrogen (secondary N) is 1. The van der Waals surface area contributed by atoms with E-state index in [0.717, 1.165) is 61.1 Å². The van der Waals surface area contributed by atoms with Crippen LogP contribution < -0.4 is 5.32 Å². The molecule has 2 unspecified atom stereocenters.